The van der Waals surface area contributed by atoms with Gasteiger partial charge in [-0.2, -0.15) is 0 Å². The number of imide groups is 2. The molecule has 7 rings (SSSR count). The number of halogens is 2. The molecule has 206 valence electrons. The molecular formula is C32H24I2N2O5. The second-order valence-corrected chi connectivity index (χ2v) is 13.6. The Hall–Kier alpha value is -3.06. The fraction of sp³-hybridized carbons (Fsp3) is 0.250. The lowest BCUT2D eigenvalue weighted by Gasteiger charge is -2.44. The van der Waals surface area contributed by atoms with Crippen molar-refractivity contribution in [3.63, 3.8) is 0 Å². The molecule has 0 radical (unpaired) electrons. The van der Waals surface area contributed by atoms with Crippen molar-refractivity contribution in [3.8, 4) is 5.75 Å². The smallest absolute Gasteiger partial charge is 0.238 e. The van der Waals surface area contributed by atoms with Crippen LogP contribution in [0.5, 0.6) is 5.75 Å². The molecule has 0 aromatic heterocycles. The molecule has 6 atom stereocenters. The molecule has 2 saturated heterocycles. The average molecular weight is 770 g/mol. The maximum Gasteiger partial charge on any atom is 0.238 e. The molecule has 1 N–H and O–H groups in total. The fourth-order valence-corrected chi connectivity index (χ4v) is 8.10. The molecule has 2 aliphatic carbocycles. The predicted molar refractivity (Wildman–Crippen MR) is 169 cm³/mol. The summed E-state index contributed by atoms with van der Waals surface area (Å²) in [5, 5.41) is 11.0. The first-order chi connectivity index (χ1) is 19.8. The Balaban J connectivity index is 1.33. The Morgan fingerprint density at radius 3 is 1.76 bits per heavy atom. The first-order valence-corrected chi connectivity index (χ1v) is 15.7. The molecule has 0 spiro atoms. The van der Waals surface area contributed by atoms with E-state index in [1.54, 1.807) is 48.5 Å². The number of allylic oxidation sites excluding steroid dienone is 2. The summed E-state index contributed by atoms with van der Waals surface area (Å²) in [5.41, 5.74) is 2.48. The summed E-state index contributed by atoms with van der Waals surface area (Å²) in [6.45, 7) is 0. The number of fused-ring (bicyclic) bond motifs is 4. The van der Waals surface area contributed by atoms with Gasteiger partial charge < -0.3 is 5.11 Å². The van der Waals surface area contributed by atoms with Crippen LogP contribution in [-0.4, -0.2) is 28.7 Å². The second kappa shape index (κ2) is 10.0. The highest BCUT2D eigenvalue weighted by Crippen LogP contribution is 2.59. The van der Waals surface area contributed by atoms with Crippen LogP contribution < -0.4 is 9.80 Å². The Morgan fingerprint density at radius 2 is 1.17 bits per heavy atom. The molecule has 4 aliphatic rings. The van der Waals surface area contributed by atoms with Gasteiger partial charge in [0.15, 0.2) is 0 Å². The number of aromatic hydroxyl groups is 1. The number of nitrogens with zero attached hydrogens (tertiary/aromatic N) is 2. The minimum atomic E-state index is -0.714. The maximum atomic E-state index is 14.1. The summed E-state index contributed by atoms with van der Waals surface area (Å²) in [5.74, 6) is -4.59. The van der Waals surface area contributed by atoms with Crippen molar-refractivity contribution in [1.82, 2.24) is 0 Å². The van der Waals surface area contributed by atoms with Gasteiger partial charge in [0.05, 0.1) is 35.0 Å². The van der Waals surface area contributed by atoms with Crippen LogP contribution >= 0.6 is 45.2 Å². The lowest BCUT2D eigenvalue weighted by molar-refractivity contribution is -0.126. The highest BCUT2D eigenvalue weighted by molar-refractivity contribution is 14.1. The largest absolute Gasteiger partial charge is 0.508 e. The van der Waals surface area contributed by atoms with E-state index in [1.807, 2.05) is 30.3 Å². The summed E-state index contributed by atoms with van der Waals surface area (Å²) in [6.07, 6.45) is 2.66. The number of benzene rings is 3. The van der Waals surface area contributed by atoms with Crippen molar-refractivity contribution in [2.24, 2.45) is 29.6 Å². The molecule has 4 amide bonds. The number of hydrogen-bond donors (Lipinski definition) is 1. The number of carbonyl (C=O) groups is 4. The van der Waals surface area contributed by atoms with Gasteiger partial charge in [-0.25, -0.2) is 0 Å². The van der Waals surface area contributed by atoms with Gasteiger partial charge in [-0.15, -0.1) is 0 Å². The molecule has 9 heteroatoms. The Kier molecular flexibility index (Phi) is 6.57. The zero-order chi connectivity index (χ0) is 28.6. The van der Waals surface area contributed by atoms with Crippen LogP contribution in [0, 0.1) is 36.7 Å². The van der Waals surface area contributed by atoms with Crippen LogP contribution in [0.4, 0.5) is 11.4 Å². The van der Waals surface area contributed by atoms with Crippen LogP contribution in [0.15, 0.2) is 84.4 Å². The number of phenols is 1. The van der Waals surface area contributed by atoms with E-state index in [0.717, 1.165) is 12.7 Å². The Morgan fingerprint density at radius 1 is 0.634 bits per heavy atom. The van der Waals surface area contributed by atoms with Gasteiger partial charge in [0.2, 0.25) is 23.6 Å². The monoisotopic (exact) mass is 770 g/mol. The van der Waals surface area contributed by atoms with E-state index in [4.69, 9.17) is 0 Å². The molecule has 3 aromatic rings. The van der Waals surface area contributed by atoms with Crippen LogP contribution in [0.25, 0.3) is 0 Å². The van der Waals surface area contributed by atoms with Gasteiger partial charge in [0.25, 0.3) is 0 Å². The van der Waals surface area contributed by atoms with Crippen LogP contribution in [0.2, 0.25) is 0 Å². The molecular weight excluding hydrogens is 746 g/mol. The highest BCUT2D eigenvalue weighted by atomic mass is 127. The summed E-state index contributed by atoms with van der Waals surface area (Å²) in [4.78, 5) is 58.3. The minimum Gasteiger partial charge on any atom is -0.508 e. The molecule has 3 aromatic carbocycles. The van der Waals surface area contributed by atoms with E-state index in [1.165, 1.54) is 9.80 Å². The lowest BCUT2D eigenvalue weighted by atomic mass is 9.57. The topological polar surface area (TPSA) is 95.0 Å². The van der Waals surface area contributed by atoms with Crippen LogP contribution in [0.1, 0.15) is 24.3 Å². The third kappa shape index (κ3) is 4.10. The summed E-state index contributed by atoms with van der Waals surface area (Å²) < 4.78 is 1.98. The fourth-order valence-electron chi connectivity index (χ4n) is 7.38. The number of hydrogen-bond acceptors (Lipinski definition) is 5. The number of phenolic OH excluding ortho intramolecular Hbond substituents is 1. The number of para-hydroxylation sites is 1. The van der Waals surface area contributed by atoms with E-state index >= 15 is 0 Å². The molecule has 41 heavy (non-hydrogen) atoms. The van der Waals surface area contributed by atoms with Crippen LogP contribution in [-0.2, 0) is 19.2 Å². The summed E-state index contributed by atoms with van der Waals surface area (Å²) >= 11 is 4.36. The number of anilines is 2. The third-order valence-electron chi connectivity index (χ3n) is 9.09. The van der Waals surface area contributed by atoms with Crippen molar-refractivity contribution in [2.45, 2.75) is 18.8 Å². The van der Waals surface area contributed by atoms with Gasteiger partial charge >= 0.3 is 0 Å². The van der Waals surface area contributed by atoms with Crippen molar-refractivity contribution >= 4 is 80.2 Å². The molecule has 2 aliphatic heterocycles. The Bertz CT molecular complexity index is 1650. The number of carbonyl (C=O) groups excluding carboxylic acids is 4. The van der Waals surface area contributed by atoms with Gasteiger partial charge in [0.1, 0.15) is 5.75 Å². The van der Waals surface area contributed by atoms with Crippen molar-refractivity contribution in [1.29, 1.82) is 0 Å². The molecule has 2 heterocycles. The first kappa shape index (κ1) is 26.8. The van der Waals surface area contributed by atoms with Gasteiger partial charge in [-0.1, -0.05) is 29.8 Å². The van der Waals surface area contributed by atoms with Gasteiger partial charge in [-0.05, 0) is 119 Å². The van der Waals surface area contributed by atoms with E-state index in [9.17, 15) is 24.3 Å². The van der Waals surface area contributed by atoms with Gasteiger partial charge in [0, 0.05) is 18.6 Å². The minimum absolute atomic E-state index is 0.0437. The first-order valence-electron chi connectivity index (χ1n) is 13.5. The molecule has 3 fully saturated rings. The standard InChI is InChI=1S/C32H24I2N2O5/c33-16-5-9-18(10-6-16)35-29(38)22-14-13-20-23(27(22)31(35)40)15-24-28(26(20)21-3-1-2-4-25(21)37)32(41)36(30(24)39)19-11-7-17(34)8-12-19/h1-13,22-24,26-28,37H,14-15H2. The quantitative estimate of drug-likeness (QED) is 0.211. The molecule has 1 saturated carbocycles. The molecule has 0 bridgehead atoms. The molecule has 7 nitrogen and oxygen atoms in total. The van der Waals surface area contributed by atoms with E-state index < -0.39 is 35.5 Å². The van der Waals surface area contributed by atoms with E-state index in [2.05, 4.69) is 45.2 Å². The summed E-state index contributed by atoms with van der Waals surface area (Å²) in [7, 11) is 0. The number of rotatable bonds is 3. The zero-order valence-electron chi connectivity index (χ0n) is 21.6. The normalized spacial score (nSPS) is 28.9. The van der Waals surface area contributed by atoms with E-state index in [-0.39, 0.29) is 29.4 Å². The third-order valence-corrected chi connectivity index (χ3v) is 10.5. The van der Waals surface area contributed by atoms with Crippen molar-refractivity contribution in [2.75, 3.05) is 9.80 Å². The SMILES string of the molecule is O=C1C2CC=C3C(CC4C(=O)N(c5ccc(I)cc5)C(=O)C4C3c3ccccc3O)C2C(=O)N1c1ccc(I)cc1. The predicted octanol–water partition coefficient (Wildman–Crippen LogP) is 5.65. The van der Waals surface area contributed by atoms with Crippen molar-refractivity contribution in [3.05, 3.63) is 97.1 Å². The Labute approximate surface area is 263 Å². The summed E-state index contributed by atoms with van der Waals surface area (Å²) in [6, 6.07) is 21.4. The average Bonchev–Trinajstić information content (AvgIpc) is 3.37. The van der Waals surface area contributed by atoms with Gasteiger partial charge in [-0.3, -0.25) is 29.0 Å². The van der Waals surface area contributed by atoms with Crippen molar-refractivity contribution < 1.29 is 24.3 Å². The number of amides is 4. The molecule has 6 unspecified atom stereocenters. The maximum absolute atomic E-state index is 14.1. The van der Waals surface area contributed by atoms with Crippen LogP contribution in [0.3, 0.4) is 0 Å². The highest BCUT2D eigenvalue weighted by Gasteiger charge is 2.62. The second-order valence-electron chi connectivity index (χ2n) is 11.1. The zero-order valence-corrected chi connectivity index (χ0v) is 25.9. The lowest BCUT2D eigenvalue weighted by Crippen LogP contribution is -2.43. The van der Waals surface area contributed by atoms with E-state index in [0.29, 0.717) is 29.8 Å².